The molecule has 0 N–H and O–H groups in total. The number of hydrogen-bond acceptors (Lipinski definition) is 5. The van der Waals surface area contributed by atoms with E-state index in [0.29, 0.717) is 28.4 Å². The number of ether oxygens (including phenoxy) is 3. The zero-order chi connectivity index (χ0) is 19.1. The third kappa shape index (κ3) is 4.42. The molecule has 0 aliphatic heterocycles. The summed E-state index contributed by atoms with van der Waals surface area (Å²) in [5.74, 6) is 1.21. The molecule has 2 rings (SSSR count). The molecule has 0 saturated heterocycles. The van der Waals surface area contributed by atoms with E-state index in [-0.39, 0.29) is 17.5 Å². The van der Waals surface area contributed by atoms with Gasteiger partial charge in [-0.1, -0.05) is 24.3 Å². The van der Waals surface area contributed by atoms with Gasteiger partial charge >= 0.3 is 0 Å². The van der Waals surface area contributed by atoms with Crippen molar-refractivity contribution in [3.8, 4) is 23.3 Å². The molecule has 0 bridgehead atoms. The fraction of sp³-hybridized carbons (Fsp3) is 0.238. The lowest BCUT2D eigenvalue weighted by Crippen LogP contribution is -2.08. The summed E-state index contributed by atoms with van der Waals surface area (Å²) in [6.07, 6.45) is 1.43. The summed E-state index contributed by atoms with van der Waals surface area (Å²) in [6, 6.07) is 14.0. The Kier molecular flexibility index (Phi) is 6.40. The highest BCUT2D eigenvalue weighted by molar-refractivity contribution is 6.14. The summed E-state index contributed by atoms with van der Waals surface area (Å²) in [7, 11) is 3.07. The van der Waals surface area contributed by atoms with E-state index in [1.54, 1.807) is 49.6 Å². The van der Waals surface area contributed by atoms with Gasteiger partial charge in [0, 0.05) is 11.1 Å². The van der Waals surface area contributed by atoms with Crippen LogP contribution in [0.2, 0.25) is 0 Å². The molecule has 0 saturated carbocycles. The summed E-state index contributed by atoms with van der Waals surface area (Å²) in [4.78, 5) is 12.7. The van der Waals surface area contributed by atoms with Gasteiger partial charge in [-0.25, -0.2) is 0 Å². The molecule has 5 nitrogen and oxygen atoms in total. The molecule has 2 aromatic rings. The number of methoxy groups -OCH3 is 2. The Hall–Kier alpha value is -3.26. The van der Waals surface area contributed by atoms with E-state index in [1.165, 1.54) is 13.2 Å². The van der Waals surface area contributed by atoms with E-state index in [4.69, 9.17) is 14.2 Å². The highest BCUT2D eigenvalue weighted by atomic mass is 16.5. The quantitative estimate of drug-likeness (QED) is 0.423. The number of carbonyl (C=O) groups excluding carboxylic acids is 1. The number of rotatable bonds is 7. The van der Waals surface area contributed by atoms with Gasteiger partial charge in [-0.15, -0.1) is 0 Å². The molecule has 0 atom stereocenters. The Morgan fingerprint density at radius 3 is 2.46 bits per heavy atom. The van der Waals surface area contributed by atoms with Crippen LogP contribution in [0.3, 0.4) is 0 Å². The summed E-state index contributed by atoms with van der Waals surface area (Å²) in [6.45, 7) is 3.79. The number of carbonyl (C=O) groups is 1. The van der Waals surface area contributed by atoms with Gasteiger partial charge < -0.3 is 14.2 Å². The third-order valence-electron chi connectivity index (χ3n) is 3.58. The van der Waals surface area contributed by atoms with Crippen LogP contribution in [0, 0.1) is 11.3 Å². The lowest BCUT2D eigenvalue weighted by Gasteiger charge is -2.16. The van der Waals surface area contributed by atoms with Crippen LogP contribution in [-0.4, -0.2) is 26.1 Å². The maximum Gasteiger partial charge on any atom is 0.203 e. The van der Waals surface area contributed by atoms with Crippen molar-refractivity contribution in [3.05, 3.63) is 59.2 Å². The lowest BCUT2D eigenvalue weighted by atomic mass is 10.0. The van der Waals surface area contributed by atoms with Crippen molar-refractivity contribution >= 4 is 11.9 Å². The van der Waals surface area contributed by atoms with E-state index in [0.717, 1.165) is 0 Å². The SMILES string of the molecule is COc1cccc(C(=O)C(C#N)=Cc2cccc(OC)c2OC(C)C)c1. The molecule has 0 heterocycles. The van der Waals surface area contributed by atoms with E-state index in [9.17, 15) is 10.1 Å². The van der Waals surface area contributed by atoms with Gasteiger partial charge in [0.1, 0.15) is 17.4 Å². The van der Waals surface area contributed by atoms with Crippen LogP contribution in [-0.2, 0) is 0 Å². The first-order valence-electron chi connectivity index (χ1n) is 8.14. The zero-order valence-electron chi connectivity index (χ0n) is 15.3. The van der Waals surface area contributed by atoms with Crippen LogP contribution in [0.4, 0.5) is 0 Å². The van der Waals surface area contributed by atoms with Crippen molar-refractivity contribution in [2.24, 2.45) is 0 Å². The maximum atomic E-state index is 12.7. The van der Waals surface area contributed by atoms with Crippen molar-refractivity contribution in [2.45, 2.75) is 20.0 Å². The smallest absolute Gasteiger partial charge is 0.203 e. The first-order chi connectivity index (χ1) is 12.5. The molecular weight excluding hydrogens is 330 g/mol. The van der Waals surface area contributed by atoms with E-state index in [2.05, 4.69) is 0 Å². The van der Waals surface area contributed by atoms with Gasteiger partial charge in [0.25, 0.3) is 0 Å². The molecule has 0 amide bonds. The summed E-state index contributed by atoms with van der Waals surface area (Å²) < 4.78 is 16.3. The normalized spacial score (nSPS) is 11.0. The van der Waals surface area contributed by atoms with Crippen molar-refractivity contribution in [2.75, 3.05) is 14.2 Å². The van der Waals surface area contributed by atoms with Crippen LogP contribution < -0.4 is 14.2 Å². The highest BCUT2D eigenvalue weighted by Crippen LogP contribution is 2.33. The summed E-state index contributed by atoms with van der Waals surface area (Å²) >= 11 is 0. The van der Waals surface area contributed by atoms with Gasteiger partial charge in [0.2, 0.25) is 5.78 Å². The molecule has 0 aliphatic rings. The van der Waals surface area contributed by atoms with Crippen LogP contribution >= 0.6 is 0 Å². The average molecular weight is 351 g/mol. The Labute approximate surface area is 153 Å². The zero-order valence-corrected chi connectivity index (χ0v) is 15.3. The molecule has 0 spiro atoms. The number of benzene rings is 2. The summed E-state index contributed by atoms with van der Waals surface area (Å²) in [5.41, 5.74) is 0.984. The van der Waals surface area contributed by atoms with Crippen molar-refractivity contribution in [1.82, 2.24) is 0 Å². The van der Waals surface area contributed by atoms with Gasteiger partial charge in [0.05, 0.1) is 20.3 Å². The topological polar surface area (TPSA) is 68.6 Å². The number of ketones is 1. The maximum absolute atomic E-state index is 12.7. The van der Waals surface area contributed by atoms with Gasteiger partial charge in [-0.3, -0.25) is 4.79 Å². The van der Waals surface area contributed by atoms with E-state index in [1.807, 2.05) is 19.9 Å². The fourth-order valence-corrected chi connectivity index (χ4v) is 2.39. The number of hydrogen-bond donors (Lipinski definition) is 0. The number of Topliss-reactive ketones (excluding diaryl/α,β-unsaturated/α-hetero) is 1. The Bertz CT molecular complexity index is 863. The second-order valence-electron chi connectivity index (χ2n) is 5.78. The minimum atomic E-state index is -0.385. The van der Waals surface area contributed by atoms with Crippen LogP contribution in [0.25, 0.3) is 6.08 Å². The molecule has 2 aromatic carbocycles. The van der Waals surface area contributed by atoms with Crippen molar-refractivity contribution < 1.29 is 19.0 Å². The minimum absolute atomic E-state index is 0.000104. The predicted molar refractivity (Wildman–Crippen MR) is 99.7 cm³/mol. The van der Waals surface area contributed by atoms with Crippen LogP contribution in [0.5, 0.6) is 17.2 Å². The number of para-hydroxylation sites is 1. The van der Waals surface area contributed by atoms with Gasteiger partial charge in [-0.05, 0) is 38.1 Å². The first-order valence-corrected chi connectivity index (χ1v) is 8.14. The molecule has 26 heavy (non-hydrogen) atoms. The summed E-state index contributed by atoms with van der Waals surface area (Å²) in [5, 5.41) is 9.50. The molecular formula is C21H21NO4. The minimum Gasteiger partial charge on any atom is -0.497 e. The van der Waals surface area contributed by atoms with Crippen LogP contribution in [0.15, 0.2) is 48.0 Å². The Morgan fingerprint density at radius 1 is 1.12 bits per heavy atom. The molecule has 0 aliphatic carbocycles. The molecule has 0 radical (unpaired) electrons. The highest BCUT2D eigenvalue weighted by Gasteiger charge is 2.16. The molecule has 5 heteroatoms. The second-order valence-corrected chi connectivity index (χ2v) is 5.78. The lowest BCUT2D eigenvalue weighted by molar-refractivity contribution is 0.103. The molecule has 0 aromatic heterocycles. The molecule has 0 fully saturated rings. The second kappa shape index (κ2) is 8.72. The number of nitriles is 1. The monoisotopic (exact) mass is 351 g/mol. The average Bonchev–Trinajstić information content (AvgIpc) is 2.66. The Morgan fingerprint density at radius 2 is 1.85 bits per heavy atom. The molecule has 0 unspecified atom stereocenters. The fourth-order valence-electron chi connectivity index (χ4n) is 2.39. The number of allylic oxidation sites excluding steroid dienone is 1. The van der Waals surface area contributed by atoms with E-state index >= 15 is 0 Å². The predicted octanol–water partition coefficient (Wildman–Crippen LogP) is 4.28. The van der Waals surface area contributed by atoms with Crippen molar-refractivity contribution in [1.29, 1.82) is 5.26 Å². The Balaban J connectivity index is 2.48. The third-order valence-corrected chi connectivity index (χ3v) is 3.58. The van der Waals surface area contributed by atoms with E-state index < -0.39 is 0 Å². The van der Waals surface area contributed by atoms with Gasteiger partial charge in [-0.2, -0.15) is 5.26 Å². The molecule has 134 valence electrons. The number of nitrogens with zero attached hydrogens (tertiary/aromatic N) is 1. The standard InChI is InChI=1S/C21H21NO4/c1-14(2)26-21-16(8-6-10-19(21)25-4)11-17(13-22)20(23)15-7-5-9-18(12-15)24-3/h5-12,14H,1-4H3. The van der Waals surface area contributed by atoms with Crippen molar-refractivity contribution in [3.63, 3.8) is 0 Å². The largest absolute Gasteiger partial charge is 0.497 e. The van der Waals surface area contributed by atoms with Crippen LogP contribution in [0.1, 0.15) is 29.8 Å². The van der Waals surface area contributed by atoms with Gasteiger partial charge in [0.15, 0.2) is 11.5 Å². The first kappa shape index (κ1) is 19.1.